The normalized spacial score (nSPS) is 20.3. The van der Waals surface area contributed by atoms with Crippen molar-refractivity contribution in [2.24, 2.45) is 0 Å². The fraction of sp³-hybridized carbons (Fsp3) is 0.692. The maximum absolute atomic E-state index is 12.0. The molecular weight excluding hydrogens is 324 g/mol. The molecule has 0 radical (unpaired) electrons. The highest BCUT2D eigenvalue weighted by Crippen LogP contribution is 2.18. The zero-order valence-corrected chi connectivity index (χ0v) is 14.7. The van der Waals surface area contributed by atoms with Crippen LogP contribution in [0.2, 0.25) is 0 Å². The van der Waals surface area contributed by atoms with Gasteiger partial charge in [-0.2, -0.15) is 0 Å². The third kappa shape index (κ3) is 4.73. The molecule has 1 N–H and O–H groups in total. The number of aryl methyl sites for hydroxylation is 1. The van der Waals surface area contributed by atoms with Crippen molar-refractivity contribution in [1.29, 1.82) is 0 Å². The number of rotatable bonds is 5. The van der Waals surface area contributed by atoms with Crippen LogP contribution >= 0.6 is 11.3 Å². The Morgan fingerprint density at radius 2 is 2.32 bits per heavy atom. The van der Waals surface area contributed by atoms with Crippen LogP contribution in [0.5, 0.6) is 0 Å². The summed E-state index contributed by atoms with van der Waals surface area (Å²) in [5, 5.41) is 5.26. The molecule has 0 saturated carbocycles. The van der Waals surface area contributed by atoms with Gasteiger partial charge in [-0.15, -0.1) is 11.3 Å². The fourth-order valence-electron chi connectivity index (χ4n) is 2.52. The Balaban J connectivity index is 1.88. The predicted octanol–water partition coefficient (Wildman–Crippen LogP) is 0.746. The first-order chi connectivity index (χ1) is 10.3. The highest BCUT2D eigenvalue weighted by atomic mass is 32.2. The smallest absolute Gasteiger partial charge is 0.240 e. The van der Waals surface area contributed by atoms with Gasteiger partial charge in [-0.05, 0) is 26.3 Å². The van der Waals surface area contributed by atoms with Gasteiger partial charge < -0.3 is 5.32 Å². The van der Waals surface area contributed by atoms with Crippen molar-refractivity contribution in [2.45, 2.75) is 25.8 Å². The molecule has 1 unspecified atom stereocenters. The van der Waals surface area contributed by atoms with Gasteiger partial charge in [0.15, 0.2) is 5.13 Å². The van der Waals surface area contributed by atoms with Gasteiger partial charge in [0.05, 0.1) is 18.5 Å². The number of aromatic nitrogens is 1. The van der Waals surface area contributed by atoms with Crippen LogP contribution < -0.4 is 5.32 Å². The van der Waals surface area contributed by atoms with E-state index >= 15 is 0 Å². The van der Waals surface area contributed by atoms with E-state index in [0.29, 0.717) is 11.7 Å². The molecule has 1 aliphatic heterocycles. The number of carbonyl (C=O) groups is 1. The maximum atomic E-state index is 12.0. The Kier molecular flexibility index (Phi) is 5.54. The minimum atomic E-state index is -3.20. The number of carbonyl (C=O) groups excluding carboxylic acids is 1. The SMILES string of the molecule is Cc1csc(NC(=O)CN2CCCC(N(C)S(C)(=O)=O)C2)n1. The number of likely N-dealkylation sites (N-methyl/N-ethyl adjacent to an activating group) is 1. The number of hydrogen-bond donors (Lipinski definition) is 1. The molecule has 1 atom stereocenters. The van der Waals surface area contributed by atoms with E-state index in [4.69, 9.17) is 0 Å². The minimum absolute atomic E-state index is 0.0707. The molecule has 0 aliphatic carbocycles. The number of anilines is 1. The van der Waals surface area contributed by atoms with E-state index < -0.39 is 10.0 Å². The predicted molar refractivity (Wildman–Crippen MR) is 87.5 cm³/mol. The van der Waals surface area contributed by atoms with Gasteiger partial charge in [0.1, 0.15) is 0 Å². The highest BCUT2D eigenvalue weighted by molar-refractivity contribution is 7.88. The summed E-state index contributed by atoms with van der Waals surface area (Å²) in [6.45, 7) is 3.52. The summed E-state index contributed by atoms with van der Waals surface area (Å²) in [7, 11) is -1.60. The molecule has 1 aromatic rings. The molecule has 7 nitrogen and oxygen atoms in total. The lowest BCUT2D eigenvalue weighted by Gasteiger charge is -2.36. The summed E-state index contributed by atoms with van der Waals surface area (Å²) in [5.41, 5.74) is 0.883. The summed E-state index contributed by atoms with van der Waals surface area (Å²) in [6.07, 6.45) is 2.92. The zero-order chi connectivity index (χ0) is 16.3. The summed E-state index contributed by atoms with van der Waals surface area (Å²) >= 11 is 1.40. The Morgan fingerprint density at radius 1 is 1.59 bits per heavy atom. The average molecular weight is 346 g/mol. The molecule has 22 heavy (non-hydrogen) atoms. The maximum Gasteiger partial charge on any atom is 0.240 e. The number of thiazole rings is 1. The first kappa shape index (κ1) is 17.3. The van der Waals surface area contributed by atoms with Gasteiger partial charge in [0, 0.05) is 25.0 Å². The third-order valence-electron chi connectivity index (χ3n) is 3.75. The molecule has 1 fully saturated rings. The van der Waals surface area contributed by atoms with Crippen LogP contribution in [-0.4, -0.2) is 67.5 Å². The quantitative estimate of drug-likeness (QED) is 0.850. The van der Waals surface area contributed by atoms with E-state index in [2.05, 4.69) is 10.3 Å². The van der Waals surface area contributed by atoms with Gasteiger partial charge >= 0.3 is 0 Å². The number of amides is 1. The van der Waals surface area contributed by atoms with Crippen molar-refractivity contribution >= 4 is 32.4 Å². The van der Waals surface area contributed by atoms with Gasteiger partial charge in [-0.25, -0.2) is 17.7 Å². The van der Waals surface area contributed by atoms with E-state index in [-0.39, 0.29) is 18.5 Å². The Labute approximate surface area is 135 Å². The van der Waals surface area contributed by atoms with E-state index in [9.17, 15) is 13.2 Å². The molecule has 124 valence electrons. The van der Waals surface area contributed by atoms with E-state index in [1.165, 1.54) is 21.9 Å². The zero-order valence-electron chi connectivity index (χ0n) is 13.1. The first-order valence-electron chi connectivity index (χ1n) is 7.13. The standard InChI is InChI=1S/C13H22N4O3S2/c1-10-9-21-13(14-10)15-12(18)8-17-6-4-5-11(7-17)16(2)22(3,19)20/h9,11H,4-8H2,1-3H3,(H,14,15,18). The lowest BCUT2D eigenvalue weighted by atomic mass is 10.1. The second-order valence-corrected chi connectivity index (χ2v) is 8.55. The number of nitrogens with one attached hydrogen (secondary N) is 1. The molecule has 1 aliphatic rings. The number of hydrogen-bond acceptors (Lipinski definition) is 6. The molecule has 9 heteroatoms. The molecule has 0 bridgehead atoms. The Bertz CT molecular complexity index is 629. The van der Waals surface area contributed by atoms with Crippen molar-refractivity contribution in [2.75, 3.05) is 38.3 Å². The third-order valence-corrected chi connectivity index (χ3v) is 5.97. The molecule has 1 amide bonds. The topological polar surface area (TPSA) is 82.6 Å². The van der Waals surface area contributed by atoms with Crippen LogP contribution in [0.15, 0.2) is 5.38 Å². The molecule has 1 aromatic heterocycles. The number of nitrogens with zero attached hydrogens (tertiary/aromatic N) is 3. The monoisotopic (exact) mass is 346 g/mol. The summed E-state index contributed by atoms with van der Waals surface area (Å²) in [5.74, 6) is -0.114. The molecule has 0 spiro atoms. The largest absolute Gasteiger partial charge is 0.301 e. The summed E-state index contributed by atoms with van der Waals surface area (Å²) in [4.78, 5) is 18.2. The average Bonchev–Trinajstić information content (AvgIpc) is 2.82. The summed E-state index contributed by atoms with van der Waals surface area (Å²) < 4.78 is 24.7. The second kappa shape index (κ2) is 7.03. The Morgan fingerprint density at radius 3 is 2.91 bits per heavy atom. The highest BCUT2D eigenvalue weighted by Gasteiger charge is 2.28. The summed E-state index contributed by atoms with van der Waals surface area (Å²) in [6, 6.07) is -0.0707. The Hall–Kier alpha value is -1.03. The van der Waals surface area contributed by atoms with Crippen LogP contribution in [0.3, 0.4) is 0 Å². The minimum Gasteiger partial charge on any atom is -0.301 e. The second-order valence-electron chi connectivity index (χ2n) is 5.65. The number of likely N-dealkylation sites (tertiary alicyclic amines) is 1. The molecular formula is C13H22N4O3S2. The van der Waals surface area contributed by atoms with E-state index in [1.54, 1.807) is 7.05 Å². The van der Waals surface area contributed by atoms with Crippen LogP contribution in [0.4, 0.5) is 5.13 Å². The van der Waals surface area contributed by atoms with Gasteiger partial charge in [-0.3, -0.25) is 9.69 Å². The lowest BCUT2D eigenvalue weighted by Crippen LogP contribution is -2.49. The van der Waals surface area contributed by atoms with Crippen molar-refractivity contribution in [1.82, 2.24) is 14.2 Å². The van der Waals surface area contributed by atoms with Crippen LogP contribution in [0.25, 0.3) is 0 Å². The number of piperidine rings is 1. The van der Waals surface area contributed by atoms with Crippen molar-refractivity contribution in [3.8, 4) is 0 Å². The first-order valence-corrected chi connectivity index (χ1v) is 9.86. The van der Waals surface area contributed by atoms with Crippen LogP contribution in [0, 0.1) is 6.92 Å². The van der Waals surface area contributed by atoms with Gasteiger partial charge in [0.25, 0.3) is 0 Å². The fourth-order valence-corrected chi connectivity index (χ4v) is 3.93. The molecule has 2 heterocycles. The van der Waals surface area contributed by atoms with Crippen molar-refractivity contribution in [3.05, 3.63) is 11.1 Å². The van der Waals surface area contributed by atoms with Gasteiger partial charge in [0.2, 0.25) is 15.9 Å². The van der Waals surface area contributed by atoms with Gasteiger partial charge in [-0.1, -0.05) is 0 Å². The van der Waals surface area contributed by atoms with E-state index in [1.807, 2.05) is 17.2 Å². The lowest BCUT2D eigenvalue weighted by molar-refractivity contribution is -0.117. The van der Waals surface area contributed by atoms with Crippen LogP contribution in [0.1, 0.15) is 18.5 Å². The molecule has 1 saturated heterocycles. The molecule has 0 aromatic carbocycles. The van der Waals surface area contributed by atoms with Crippen molar-refractivity contribution < 1.29 is 13.2 Å². The molecule has 2 rings (SSSR count). The van der Waals surface area contributed by atoms with E-state index in [0.717, 1.165) is 25.1 Å². The van der Waals surface area contributed by atoms with Crippen molar-refractivity contribution in [3.63, 3.8) is 0 Å². The number of sulfonamides is 1. The van der Waals surface area contributed by atoms with Crippen LogP contribution in [-0.2, 0) is 14.8 Å².